The second-order valence-electron chi connectivity index (χ2n) is 11.5. The van der Waals surface area contributed by atoms with E-state index in [4.69, 9.17) is 9.47 Å². The summed E-state index contributed by atoms with van der Waals surface area (Å²) in [7, 11) is 0. The predicted octanol–water partition coefficient (Wildman–Crippen LogP) is 6.54. The van der Waals surface area contributed by atoms with Crippen molar-refractivity contribution in [1.29, 1.82) is 0 Å². The lowest BCUT2D eigenvalue weighted by atomic mass is 9.95. The van der Waals surface area contributed by atoms with Crippen LogP contribution in [0.2, 0.25) is 0 Å². The fourth-order valence-electron chi connectivity index (χ4n) is 5.20. The Morgan fingerprint density at radius 3 is 1.17 bits per heavy atom. The van der Waals surface area contributed by atoms with Crippen LogP contribution < -0.4 is 0 Å². The molecule has 0 aromatic rings. The normalized spacial score (nSPS) is 25.5. The molecular formula is C24H42O4S2. The van der Waals surface area contributed by atoms with Crippen LogP contribution in [0.25, 0.3) is 0 Å². The van der Waals surface area contributed by atoms with Gasteiger partial charge in [0, 0.05) is 31.8 Å². The van der Waals surface area contributed by atoms with Gasteiger partial charge in [-0.05, 0) is 38.5 Å². The van der Waals surface area contributed by atoms with Crippen LogP contribution in [0, 0.1) is 0 Å². The Bertz CT molecular complexity index is 539. The zero-order chi connectivity index (χ0) is 22.8. The molecule has 0 aromatic carbocycles. The van der Waals surface area contributed by atoms with E-state index in [1.54, 1.807) is 0 Å². The molecule has 0 aliphatic carbocycles. The average molecular weight is 459 g/mol. The van der Waals surface area contributed by atoms with Crippen molar-refractivity contribution < 1.29 is 19.1 Å². The molecule has 2 heterocycles. The molecule has 0 bridgehead atoms. The second kappa shape index (κ2) is 9.64. The van der Waals surface area contributed by atoms with E-state index < -0.39 is 0 Å². The molecule has 2 fully saturated rings. The van der Waals surface area contributed by atoms with E-state index in [1.165, 1.54) is 0 Å². The zero-order valence-electron chi connectivity index (χ0n) is 20.3. The molecule has 2 rings (SSSR count). The summed E-state index contributed by atoms with van der Waals surface area (Å²) < 4.78 is 12.0. The Labute approximate surface area is 192 Å². The van der Waals surface area contributed by atoms with E-state index in [2.05, 4.69) is 55.4 Å². The number of hydrogen-bond donors (Lipinski definition) is 0. The van der Waals surface area contributed by atoms with Gasteiger partial charge < -0.3 is 9.47 Å². The fourth-order valence-corrected chi connectivity index (χ4v) is 9.26. The first-order valence-corrected chi connectivity index (χ1v) is 13.0. The van der Waals surface area contributed by atoms with Crippen molar-refractivity contribution in [3.63, 3.8) is 0 Å². The van der Waals surface area contributed by atoms with E-state index in [0.717, 1.165) is 25.7 Å². The van der Waals surface area contributed by atoms with Gasteiger partial charge >= 0.3 is 11.9 Å². The Kier molecular flexibility index (Phi) is 8.32. The molecule has 0 saturated carbocycles. The summed E-state index contributed by atoms with van der Waals surface area (Å²) >= 11 is 3.94. The molecule has 0 amide bonds. The van der Waals surface area contributed by atoms with E-state index in [-0.39, 0.29) is 43.1 Å². The van der Waals surface area contributed by atoms with E-state index in [0.29, 0.717) is 25.7 Å². The number of carbonyl (C=O) groups is 2. The second-order valence-corrected chi connectivity index (χ2v) is 16.3. The smallest absolute Gasteiger partial charge is 0.306 e. The van der Waals surface area contributed by atoms with Gasteiger partial charge in [0.1, 0.15) is 12.2 Å². The maximum atomic E-state index is 12.3. The van der Waals surface area contributed by atoms with Crippen molar-refractivity contribution in [2.75, 3.05) is 0 Å². The average Bonchev–Trinajstić information content (AvgIpc) is 2.44. The summed E-state index contributed by atoms with van der Waals surface area (Å²) in [5.41, 5.74) is 0. The van der Waals surface area contributed by atoms with Crippen LogP contribution in [-0.4, -0.2) is 43.1 Å². The van der Waals surface area contributed by atoms with Gasteiger partial charge in [0.05, 0.1) is 0 Å². The zero-order valence-corrected chi connectivity index (χ0v) is 21.9. The van der Waals surface area contributed by atoms with E-state index in [9.17, 15) is 9.59 Å². The molecule has 2 aliphatic heterocycles. The Balaban J connectivity index is 1.67. The monoisotopic (exact) mass is 458 g/mol. The lowest BCUT2D eigenvalue weighted by Crippen LogP contribution is -2.41. The van der Waals surface area contributed by atoms with Crippen LogP contribution in [0.3, 0.4) is 0 Å². The van der Waals surface area contributed by atoms with E-state index >= 15 is 0 Å². The molecular weight excluding hydrogens is 416 g/mol. The number of esters is 2. The van der Waals surface area contributed by atoms with Crippen LogP contribution in [0.15, 0.2) is 0 Å². The third-order valence-electron chi connectivity index (χ3n) is 5.59. The van der Waals surface area contributed by atoms with Crippen LogP contribution in [0.1, 0.15) is 107 Å². The lowest BCUT2D eigenvalue weighted by Gasteiger charge is -2.43. The highest BCUT2D eigenvalue weighted by molar-refractivity contribution is 8.02. The lowest BCUT2D eigenvalue weighted by molar-refractivity contribution is -0.153. The van der Waals surface area contributed by atoms with Crippen LogP contribution >= 0.6 is 23.5 Å². The number of ether oxygens (including phenoxy) is 2. The molecule has 174 valence electrons. The molecule has 0 aromatic heterocycles. The molecule has 30 heavy (non-hydrogen) atoms. The summed E-state index contributed by atoms with van der Waals surface area (Å²) in [5.74, 6) is -0.278. The van der Waals surface area contributed by atoms with Gasteiger partial charge in [-0.2, -0.15) is 0 Å². The number of hydrogen-bond acceptors (Lipinski definition) is 6. The maximum Gasteiger partial charge on any atom is 0.306 e. The molecule has 0 radical (unpaired) electrons. The first kappa shape index (κ1) is 25.9. The quantitative estimate of drug-likeness (QED) is 0.319. The van der Waals surface area contributed by atoms with Gasteiger partial charge in [0.15, 0.2) is 0 Å². The molecule has 0 atom stereocenters. The molecule has 4 nitrogen and oxygen atoms in total. The van der Waals surface area contributed by atoms with Gasteiger partial charge in [0.2, 0.25) is 0 Å². The van der Waals surface area contributed by atoms with Crippen molar-refractivity contribution in [3.05, 3.63) is 0 Å². The van der Waals surface area contributed by atoms with Crippen LogP contribution in [0.4, 0.5) is 0 Å². The maximum absolute atomic E-state index is 12.3. The van der Waals surface area contributed by atoms with Crippen molar-refractivity contribution in [2.45, 2.75) is 138 Å². The molecule has 0 spiro atoms. The van der Waals surface area contributed by atoms with Gasteiger partial charge in [-0.15, -0.1) is 23.5 Å². The molecule has 6 heteroatoms. The number of unbranched alkanes of at least 4 members (excludes halogenated alkanes) is 1. The van der Waals surface area contributed by atoms with Gasteiger partial charge in [-0.3, -0.25) is 9.59 Å². The minimum atomic E-state index is -0.139. The largest absolute Gasteiger partial charge is 0.462 e. The SMILES string of the molecule is CC1(C)CC(OC(=O)CCCCC(=O)OC2CC(C)(C)SC(C)(C)C2)CC(C)(C)S1. The minimum Gasteiger partial charge on any atom is -0.462 e. The van der Waals surface area contributed by atoms with E-state index in [1.807, 2.05) is 23.5 Å². The fraction of sp³-hybridized carbons (Fsp3) is 0.917. The standard InChI is InChI=1S/C24H42O4S2/c1-21(2)13-17(14-22(3,4)29-21)27-19(25)11-9-10-12-20(26)28-18-15-23(5,6)30-24(7,8)16-18/h17-18H,9-16H2,1-8H3. The van der Waals surface area contributed by atoms with Gasteiger partial charge in [0.25, 0.3) is 0 Å². The Hall–Kier alpha value is -0.360. The summed E-state index contributed by atoms with van der Waals surface area (Å²) in [5, 5.41) is 0. The Morgan fingerprint density at radius 2 is 0.900 bits per heavy atom. The third-order valence-corrected chi connectivity index (χ3v) is 8.47. The molecule has 0 unspecified atom stereocenters. The van der Waals surface area contributed by atoms with Crippen molar-refractivity contribution in [2.24, 2.45) is 0 Å². The summed E-state index contributed by atoms with van der Waals surface area (Å²) in [6, 6.07) is 0. The molecule has 0 N–H and O–H groups in total. The molecule has 2 aliphatic rings. The van der Waals surface area contributed by atoms with Crippen molar-refractivity contribution >= 4 is 35.5 Å². The number of rotatable bonds is 7. The van der Waals surface area contributed by atoms with Gasteiger partial charge in [-0.25, -0.2) is 0 Å². The van der Waals surface area contributed by atoms with Gasteiger partial charge in [-0.1, -0.05) is 55.4 Å². The topological polar surface area (TPSA) is 52.6 Å². The highest BCUT2D eigenvalue weighted by Gasteiger charge is 2.41. The first-order chi connectivity index (χ1) is 13.6. The Morgan fingerprint density at radius 1 is 0.633 bits per heavy atom. The summed E-state index contributed by atoms with van der Waals surface area (Å²) in [6.45, 7) is 17.8. The van der Waals surface area contributed by atoms with Crippen LogP contribution in [-0.2, 0) is 19.1 Å². The molecule has 2 saturated heterocycles. The first-order valence-electron chi connectivity index (χ1n) is 11.4. The minimum absolute atomic E-state index is 0.00963. The van der Waals surface area contributed by atoms with Crippen LogP contribution in [0.5, 0.6) is 0 Å². The predicted molar refractivity (Wildman–Crippen MR) is 128 cm³/mol. The summed E-state index contributed by atoms with van der Waals surface area (Å²) in [4.78, 5) is 24.6. The van der Waals surface area contributed by atoms with Crippen molar-refractivity contribution in [1.82, 2.24) is 0 Å². The summed E-state index contributed by atoms with van der Waals surface area (Å²) in [6.07, 6.45) is 5.64. The van der Waals surface area contributed by atoms with Crippen molar-refractivity contribution in [3.8, 4) is 0 Å². The number of carbonyl (C=O) groups excluding carboxylic acids is 2. The highest BCUT2D eigenvalue weighted by atomic mass is 32.2. The third kappa shape index (κ3) is 9.02. The highest BCUT2D eigenvalue weighted by Crippen LogP contribution is 2.49. The number of thioether (sulfide) groups is 2.